The molecule has 1 aromatic carbocycles. The molecule has 6 heteroatoms. The molecule has 0 aliphatic carbocycles. The van der Waals surface area contributed by atoms with Gasteiger partial charge in [-0.2, -0.15) is 0 Å². The van der Waals surface area contributed by atoms with Gasteiger partial charge in [0, 0.05) is 6.54 Å². The van der Waals surface area contributed by atoms with E-state index in [1.807, 2.05) is 0 Å². The SMILES string of the molecule is CN1CCC(CNc2cccc(Cl)c2[N+](=O)[O-])CC1. The molecule has 0 unspecified atom stereocenters. The van der Waals surface area contributed by atoms with Gasteiger partial charge in [-0.05, 0) is 51.0 Å². The zero-order valence-corrected chi connectivity index (χ0v) is 11.7. The summed E-state index contributed by atoms with van der Waals surface area (Å²) < 4.78 is 0. The van der Waals surface area contributed by atoms with Crippen LogP contribution in [0.25, 0.3) is 0 Å². The number of hydrogen-bond acceptors (Lipinski definition) is 4. The van der Waals surface area contributed by atoms with Crippen molar-refractivity contribution < 1.29 is 4.92 Å². The average molecular weight is 284 g/mol. The number of nitrogens with zero attached hydrogens (tertiary/aromatic N) is 2. The van der Waals surface area contributed by atoms with Gasteiger partial charge in [-0.25, -0.2) is 0 Å². The van der Waals surface area contributed by atoms with E-state index in [2.05, 4.69) is 17.3 Å². The molecule has 1 N–H and O–H groups in total. The Kier molecular flexibility index (Phi) is 4.61. The summed E-state index contributed by atoms with van der Waals surface area (Å²) in [5.74, 6) is 0.565. The number of rotatable bonds is 4. The van der Waals surface area contributed by atoms with E-state index in [1.165, 1.54) is 0 Å². The summed E-state index contributed by atoms with van der Waals surface area (Å²) in [6.07, 6.45) is 2.25. The Labute approximate surface area is 117 Å². The normalized spacial score (nSPS) is 17.4. The summed E-state index contributed by atoms with van der Waals surface area (Å²) in [5.41, 5.74) is 0.480. The van der Waals surface area contributed by atoms with Gasteiger partial charge < -0.3 is 10.2 Å². The lowest BCUT2D eigenvalue weighted by Crippen LogP contribution is -2.33. The summed E-state index contributed by atoms with van der Waals surface area (Å²) >= 11 is 5.88. The first-order chi connectivity index (χ1) is 9.08. The molecule has 1 aromatic rings. The van der Waals surface area contributed by atoms with Crippen molar-refractivity contribution in [2.45, 2.75) is 12.8 Å². The second kappa shape index (κ2) is 6.21. The maximum absolute atomic E-state index is 11.0. The molecule has 104 valence electrons. The zero-order chi connectivity index (χ0) is 13.8. The van der Waals surface area contributed by atoms with Crippen LogP contribution in [0.1, 0.15) is 12.8 Å². The van der Waals surface area contributed by atoms with Crippen molar-refractivity contribution in [1.29, 1.82) is 0 Å². The molecule has 1 aliphatic heterocycles. The molecule has 0 bridgehead atoms. The van der Waals surface area contributed by atoms with Crippen molar-refractivity contribution in [2.24, 2.45) is 5.92 Å². The van der Waals surface area contributed by atoms with E-state index < -0.39 is 4.92 Å². The van der Waals surface area contributed by atoms with Crippen molar-refractivity contribution in [3.63, 3.8) is 0 Å². The summed E-state index contributed by atoms with van der Waals surface area (Å²) in [6.45, 7) is 2.93. The number of para-hydroxylation sites is 1. The highest BCUT2D eigenvalue weighted by molar-refractivity contribution is 6.33. The van der Waals surface area contributed by atoms with Gasteiger partial charge in [-0.3, -0.25) is 10.1 Å². The van der Waals surface area contributed by atoms with Crippen LogP contribution in [-0.2, 0) is 0 Å². The molecule has 0 spiro atoms. The molecule has 1 fully saturated rings. The van der Waals surface area contributed by atoms with E-state index in [9.17, 15) is 10.1 Å². The van der Waals surface area contributed by atoms with Gasteiger partial charge in [-0.1, -0.05) is 17.7 Å². The second-order valence-corrected chi connectivity index (χ2v) is 5.43. The molecule has 0 atom stereocenters. The highest BCUT2D eigenvalue weighted by Gasteiger charge is 2.20. The maximum atomic E-state index is 11.0. The number of nitro benzene ring substituents is 1. The Bertz CT molecular complexity index is 459. The average Bonchev–Trinajstić information content (AvgIpc) is 2.37. The predicted octanol–water partition coefficient (Wildman–Crippen LogP) is 3.00. The van der Waals surface area contributed by atoms with Gasteiger partial charge in [0.25, 0.3) is 0 Å². The standard InChI is InChI=1S/C13H18ClN3O2/c1-16-7-5-10(6-8-16)9-15-12-4-2-3-11(14)13(12)17(18)19/h2-4,10,15H,5-9H2,1H3. The minimum absolute atomic E-state index is 0.0305. The maximum Gasteiger partial charge on any atom is 0.310 e. The van der Waals surface area contributed by atoms with E-state index >= 15 is 0 Å². The molecule has 19 heavy (non-hydrogen) atoms. The number of halogens is 1. The summed E-state index contributed by atoms with van der Waals surface area (Å²) in [4.78, 5) is 12.9. The topological polar surface area (TPSA) is 58.4 Å². The third kappa shape index (κ3) is 3.58. The van der Waals surface area contributed by atoms with Gasteiger partial charge in [0.05, 0.1) is 4.92 Å². The predicted molar refractivity (Wildman–Crippen MR) is 76.8 cm³/mol. The Morgan fingerprint density at radius 1 is 1.47 bits per heavy atom. The van der Waals surface area contributed by atoms with Crippen LogP contribution in [0.4, 0.5) is 11.4 Å². The number of piperidine rings is 1. The minimum atomic E-state index is -0.431. The molecule has 1 aliphatic rings. The van der Waals surface area contributed by atoms with Crippen molar-refractivity contribution in [2.75, 3.05) is 32.0 Å². The van der Waals surface area contributed by atoms with Crippen LogP contribution in [-0.4, -0.2) is 36.5 Å². The fourth-order valence-corrected chi connectivity index (χ4v) is 2.61. The lowest BCUT2D eigenvalue weighted by atomic mass is 9.97. The third-order valence-corrected chi connectivity index (χ3v) is 3.89. The molecule has 0 amide bonds. The lowest BCUT2D eigenvalue weighted by molar-refractivity contribution is -0.383. The second-order valence-electron chi connectivity index (χ2n) is 5.02. The Balaban J connectivity index is 2.00. The summed E-state index contributed by atoms with van der Waals surface area (Å²) in [7, 11) is 2.12. The van der Waals surface area contributed by atoms with E-state index in [-0.39, 0.29) is 10.7 Å². The van der Waals surface area contributed by atoms with Crippen molar-refractivity contribution in [1.82, 2.24) is 4.90 Å². The summed E-state index contributed by atoms with van der Waals surface area (Å²) in [5, 5.41) is 14.4. The first-order valence-corrected chi connectivity index (χ1v) is 6.81. The fraction of sp³-hybridized carbons (Fsp3) is 0.538. The van der Waals surface area contributed by atoms with Gasteiger partial charge >= 0.3 is 5.69 Å². The molecular weight excluding hydrogens is 266 g/mol. The van der Waals surface area contributed by atoms with Crippen LogP contribution in [0, 0.1) is 16.0 Å². The van der Waals surface area contributed by atoms with E-state index in [1.54, 1.807) is 18.2 Å². The number of hydrogen-bond donors (Lipinski definition) is 1. The molecule has 5 nitrogen and oxygen atoms in total. The zero-order valence-electron chi connectivity index (χ0n) is 10.9. The van der Waals surface area contributed by atoms with Gasteiger partial charge in [0.15, 0.2) is 0 Å². The Hall–Kier alpha value is -1.33. The van der Waals surface area contributed by atoms with Crippen LogP contribution in [0.15, 0.2) is 18.2 Å². The number of benzene rings is 1. The molecular formula is C13H18ClN3O2. The highest BCUT2D eigenvalue weighted by atomic mass is 35.5. The molecule has 0 radical (unpaired) electrons. The van der Waals surface area contributed by atoms with Crippen molar-refractivity contribution in [3.8, 4) is 0 Å². The largest absolute Gasteiger partial charge is 0.379 e. The number of likely N-dealkylation sites (tertiary alicyclic amines) is 1. The van der Waals surface area contributed by atoms with Gasteiger partial charge in [-0.15, -0.1) is 0 Å². The van der Waals surface area contributed by atoms with E-state index in [4.69, 9.17) is 11.6 Å². The first kappa shape index (κ1) is 14.1. The first-order valence-electron chi connectivity index (χ1n) is 6.43. The monoisotopic (exact) mass is 283 g/mol. The molecule has 0 aromatic heterocycles. The quantitative estimate of drug-likeness (QED) is 0.682. The fourth-order valence-electron chi connectivity index (χ4n) is 2.36. The van der Waals surface area contributed by atoms with Crippen LogP contribution >= 0.6 is 11.6 Å². The van der Waals surface area contributed by atoms with Crippen molar-refractivity contribution in [3.05, 3.63) is 33.3 Å². The molecule has 1 saturated heterocycles. The van der Waals surface area contributed by atoms with E-state index in [0.29, 0.717) is 11.6 Å². The van der Waals surface area contributed by atoms with Gasteiger partial charge in [0.1, 0.15) is 10.7 Å². The summed E-state index contributed by atoms with van der Waals surface area (Å²) in [6, 6.07) is 4.98. The van der Waals surface area contributed by atoms with Crippen LogP contribution in [0.2, 0.25) is 5.02 Å². The number of anilines is 1. The molecule has 2 rings (SSSR count). The Morgan fingerprint density at radius 3 is 2.79 bits per heavy atom. The number of nitrogens with one attached hydrogen (secondary N) is 1. The highest BCUT2D eigenvalue weighted by Crippen LogP contribution is 2.32. The molecule has 0 saturated carbocycles. The van der Waals surface area contributed by atoms with E-state index in [0.717, 1.165) is 32.5 Å². The number of nitro groups is 1. The molecule has 1 heterocycles. The van der Waals surface area contributed by atoms with Crippen molar-refractivity contribution >= 4 is 23.0 Å². The Morgan fingerprint density at radius 2 is 2.16 bits per heavy atom. The van der Waals surface area contributed by atoms with Crippen LogP contribution < -0.4 is 5.32 Å². The lowest BCUT2D eigenvalue weighted by Gasteiger charge is -2.29. The van der Waals surface area contributed by atoms with Crippen LogP contribution in [0.3, 0.4) is 0 Å². The minimum Gasteiger partial charge on any atom is -0.379 e. The van der Waals surface area contributed by atoms with Gasteiger partial charge in [0.2, 0.25) is 0 Å². The smallest absolute Gasteiger partial charge is 0.310 e. The van der Waals surface area contributed by atoms with Crippen LogP contribution in [0.5, 0.6) is 0 Å². The third-order valence-electron chi connectivity index (χ3n) is 3.59.